The number of rotatable bonds is 11. The van der Waals surface area contributed by atoms with E-state index in [4.69, 9.17) is 4.74 Å². The molecule has 1 aromatic heterocycles. The van der Waals surface area contributed by atoms with Crippen LogP contribution in [0.2, 0.25) is 0 Å². The summed E-state index contributed by atoms with van der Waals surface area (Å²) in [6, 6.07) is 18.1. The number of nitrogens with one attached hydrogen (secondary N) is 1. The molecule has 1 fully saturated rings. The van der Waals surface area contributed by atoms with E-state index in [0.717, 1.165) is 29.5 Å². The van der Waals surface area contributed by atoms with Gasteiger partial charge >= 0.3 is 12.4 Å². The Labute approximate surface area is 274 Å². The fourth-order valence-electron chi connectivity index (χ4n) is 4.97. The number of amides is 3. The number of thioether (sulfide) groups is 1. The number of aromatic nitrogens is 3. The number of amidine groups is 1. The molecular formula is C33H33F3N6O4S. The quantitative estimate of drug-likeness (QED) is 0.170. The molecule has 0 unspecified atom stereocenters. The minimum Gasteiger partial charge on any atom is -0.497 e. The largest absolute Gasteiger partial charge is 0.573 e. The molecule has 5 rings (SSSR count). The van der Waals surface area contributed by atoms with Gasteiger partial charge in [0.1, 0.15) is 17.8 Å². The molecule has 0 atom stereocenters. The highest BCUT2D eigenvalue weighted by molar-refractivity contribution is 8.15. The van der Waals surface area contributed by atoms with Gasteiger partial charge in [0, 0.05) is 12.1 Å². The normalized spacial score (nSPS) is 14.2. The first kappa shape index (κ1) is 33.5. The summed E-state index contributed by atoms with van der Waals surface area (Å²) in [7, 11) is 1.59. The van der Waals surface area contributed by atoms with Gasteiger partial charge in [0.05, 0.1) is 24.2 Å². The van der Waals surface area contributed by atoms with E-state index in [-0.39, 0.29) is 23.3 Å². The minimum absolute atomic E-state index is 0.124. The van der Waals surface area contributed by atoms with Crippen LogP contribution in [0, 0.1) is 0 Å². The first-order valence-electron chi connectivity index (χ1n) is 14.9. The Morgan fingerprint density at radius 1 is 1.06 bits per heavy atom. The summed E-state index contributed by atoms with van der Waals surface area (Å²) in [5.74, 6) is 1.05. The average molecular weight is 667 g/mol. The summed E-state index contributed by atoms with van der Waals surface area (Å²) >= 11 is 1.24. The Balaban J connectivity index is 1.13. The van der Waals surface area contributed by atoms with E-state index >= 15 is 0 Å². The number of unbranched alkanes of at least 4 members (excludes halogenated alkanes) is 1. The third kappa shape index (κ3) is 8.70. The van der Waals surface area contributed by atoms with Crippen LogP contribution >= 0.6 is 11.8 Å². The molecule has 1 aliphatic heterocycles. The van der Waals surface area contributed by atoms with E-state index in [9.17, 15) is 22.8 Å². The topological polar surface area (TPSA) is 111 Å². The zero-order chi connectivity index (χ0) is 33.6. The van der Waals surface area contributed by atoms with Gasteiger partial charge in [0.2, 0.25) is 5.91 Å². The number of hydrogen-bond acceptors (Lipinski definition) is 7. The molecule has 4 aromatic rings. The second-order valence-corrected chi connectivity index (χ2v) is 11.9. The number of methoxy groups -OCH3 is 1. The maximum Gasteiger partial charge on any atom is 0.573 e. The zero-order valence-electron chi connectivity index (χ0n) is 26.0. The first-order chi connectivity index (χ1) is 22.5. The van der Waals surface area contributed by atoms with Gasteiger partial charge < -0.3 is 14.8 Å². The lowest BCUT2D eigenvalue weighted by Gasteiger charge is -2.22. The Hall–Kier alpha value is -4.85. The van der Waals surface area contributed by atoms with Crippen LogP contribution in [0.3, 0.4) is 0 Å². The standard InChI is InChI=1S/C33H33F3N6O4S/c1-21(2)27-18-26(45-3)14-15-28(27)42-29(43)19-47-32(42)39-31(44)37-16-5-4-7-22-8-6-9-23(17-22)30-38-20-41(40-30)24-10-12-25(13-11-24)46-33(34,35)36/h6,8-15,17-18,20-21H,4-5,7,16,19H2,1-3H3,(H,37,44)/b39-32-. The molecule has 3 aromatic carbocycles. The van der Waals surface area contributed by atoms with Gasteiger partial charge in [-0.05, 0) is 84.8 Å². The predicted molar refractivity (Wildman–Crippen MR) is 174 cm³/mol. The minimum atomic E-state index is -4.76. The molecule has 0 saturated carbocycles. The van der Waals surface area contributed by atoms with E-state index in [2.05, 4.69) is 25.1 Å². The molecule has 2 heterocycles. The molecule has 0 bridgehead atoms. The van der Waals surface area contributed by atoms with Crippen molar-refractivity contribution in [2.24, 2.45) is 4.99 Å². The van der Waals surface area contributed by atoms with Crippen LogP contribution in [0.25, 0.3) is 17.1 Å². The lowest BCUT2D eigenvalue weighted by Crippen LogP contribution is -2.32. The SMILES string of the molecule is COc1ccc(N2C(=O)CS/C2=N\C(=O)NCCCCc2cccc(-c3ncn(-c4ccc(OC(F)(F)F)cc4)n3)c2)c(C(C)C)c1. The average Bonchev–Trinajstić information content (AvgIpc) is 3.67. The van der Waals surface area contributed by atoms with E-state index < -0.39 is 12.4 Å². The van der Waals surface area contributed by atoms with Gasteiger partial charge in [-0.3, -0.25) is 9.69 Å². The fraction of sp³-hybridized carbons (Fsp3) is 0.303. The molecule has 0 aliphatic carbocycles. The number of benzene rings is 3. The predicted octanol–water partition coefficient (Wildman–Crippen LogP) is 7.13. The van der Waals surface area contributed by atoms with Crippen molar-refractivity contribution in [3.8, 4) is 28.6 Å². The number of hydrogen-bond donors (Lipinski definition) is 1. The maximum absolute atomic E-state index is 12.8. The van der Waals surface area contributed by atoms with Crippen molar-refractivity contribution < 1.29 is 32.2 Å². The summed E-state index contributed by atoms with van der Waals surface area (Å²) in [5.41, 5.74) is 4.02. The third-order valence-electron chi connectivity index (χ3n) is 7.24. The van der Waals surface area contributed by atoms with E-state index in [1.807, 2.05) is 50.2 Å². The van der Waals surface area contributed by atoms with Gasteiger partial charge in [-0.15, -0.1) is 18.3 Å². The van der Waals surface area contributed by atoms with Crippen molar-refractivity contribution in [1.29, 1.82) is 0 Å². The van der Waals surface area contributed by atoms with Crippen molar-refractivity contribution in [3.63, 3.8) is 0 Å². The number of halogens is 3. The van der Waals surface area contributed by atoms with Gasteiger partial charge in [0.25, 0.3) is 0 Å². The van der Waals surface area contributed by atoms with Gasteiger partial charge in [-0.25, -0.2) is 14.5 Å². The van der Waals surface area contributed by atoms with Crippen LogP contribution in [0.1, 0.15) is 43.7 Å². The number of nitrogens with zero attached hydrogens (tertiary/aromatic N) is 5. The second-order valence-electron chi connectivity index (χ2n) is 10.9. The summed E-state index contributed by atoms with van der Waals surface area (Å²) < 4.78 is 48.1. The number of carbonyl (C=O) groups is 2. The van der Waals surface area contributed by atoms with E-state index in [0.29, 0.717) is 41.1 Å². The number of anilines is 1. The van der Waals surface area contributed by atoms with Crippen molar-refractivity contribution in [1.82, 2.24) is 20.1 Å². The number of alkyl halides is 3. The third-order valence-corrected chi connectivity index (χ3v) is 8.16. The summed E-state index contributed by atoms with van der Waals surface area (Å²) in [6.07, 6.45) is -0.989. The van der Waals surface area contributed by atoms with Crippen LogP contribution in [-0.4, -0.2) is 57.6 Å². The van der Waals surface area contributed by atoms with Crippen molar-refractivity contribution in [2.75, 3.05) is 24.3 Å². The van der Waals surface area contributed by atoms with Crippen LogP contribution in [0.5, 0.6) is 11.5 Å². The fourth-order valence-corrected chi connectivity index (χ4v) is 5.83. The van der Waals surface area contributed by atoms with Crippen LogP contribution in [0.15, 0.2) is 78.0 Å². The van der Waals surface area contributed by atoms with E-state index in [1.54, 1.807) is 13.2 Å². The number of urea groups is 1. The second kappa shape index (κ2) is 14.7. The molecule has 1 aliphatic rings. The van der Waals surface area contributed by atoms with Gasteiger partial charge in [0.15, 0.2) is 11.0 Å². The molecular weight excluding hydrogens is 633 g/mol. The van der Waals surface area contributed by atoms with Crippen LogP contribution in [-0.2, 0) is 11.2 Å². The highest BCUT2D eigenvalue weighted by atomic mass is 32.2. The summed E-state index contributed by atoms with van der Waals surface area (Å²) in [6.45, 7) is 4.48. The van der Waals surface area contributed by atoms with E-state index in [1.165, 1.54) is 51.9 Å². The van der Waals surface area contributed by atoms with Crippen molar-refractivity contribution >= 4 is 34.6 Å². The summed E-state index contributed by atoms with van der Waals surface area (Å²) in [4.78, 5) is 35.5. The smallest absolute Gasteiger partial charge is 0.497 e. The lowest BCUT2D eigenvalue weighted by molar-refractivity contribution is -0.274. The van der Waals surface area contributed by atoms with Crippen LogP contribution in [0.4, 0.5) is 23.7 Å². The zero-order valence-corrected chi connectivity index (χ0v) is 26.8. The lowest BCUT2D eigenvalue weighted by atomic mass is 10.00. The highest BCUT2D eigenvalue weighted by Gasteiger charge is 2.33. The highest BCUT2D eigenvalue weighted by Crippen LogP contribution is 2.35. The van der Waals surface area contributed by atoms with Crippen LogP contribution < -0.4 is 19.7 Å². The molecule has 47 heavy (non-hydrogen) atoms. The molecule has 10 nitrogen and oxygen atoms in total. The van der Waals surface area contributed by atoms with Crippen molar-refractivity contribution in [2.45, 2.75) is 45.4 Å². The monoisotopic (exact) mass is 666 g/mol. The van der Waals surface area contributed by atoms with Gasteiger partial charge in [-0.2, -0.15) is 4.99 Å². The number of aliphatic imine (C=N–C) groups is 1. The molecule has 3 amide bonds. The maximum atomic E-state index is 12.8. The molecule has 0 spiro atoms. The Morgan fingerprint density at radius 2 is 1.83 bits per heavy atom. The number of carbonyl (C=O) groups excluding carboxylic acids is 2. The molecule has 246 valence electrons. The first-order valence-corrected chi connectivity index (χ1v) is 15.9. The number of aryl methyl sites for hydroxylation is 1. The van der Waals surface area contributed by atoms with Crippen molar-refractivity contribution in [3.05, 3.63) is 84.2 Å². The molecule has 1 saturated heterocycles. The Morgan fingerprint density at radius 3 is 2.55 bits per heavy atom. The summed E-state index contributed by atoms with van der Waals surface area (Å²) in [5, 5.41) is 7.64. The molecule has 0 radical (unpaired) electrons. The number of ether oxygens (including phenoxy) is 2. The van der Waals surface area contributed by atoms with Gasteiger partial charge in [-0.1, -0.05) is 43.8 Å². The Bertz CT molecular complexity index is 1760. The molecule has 1 N–H and O–H groups in total. The Kier molecular flexibility index (Phi) is 10.5. The molecule has 14 heteroatoms.